The molecule has 9 heteroatoms. The number of unbranched alkanes of at least 4 members (excludes halogenated alkanes) is 3. The molecule has 1 aliphatic rings. The Balaban J connectivity index is 1.48. The number of benzene rings is 2. The van der Waals surface area contributed by atoms with E-state index in [1.807, 2.05) is 37.1 Å². The maximum Gasteiger partial charge on any atom is 0.330 e. The van der Waals surface area contributed by atoms with Gasteiger partial charge in [0.25, 0.3) is 0 Å². The monoisotopic (exact) mass is 562 g/mol. The number of nitrogens with zero attached hydrogens (tertiary/aromatic N) is 4. The minimum absolute atomic E-state index is 0.577. The highest BCUT2D eigenvalue weighted by atomic mass is 16.5. The summed E-state index contributed by atoms with van der Waals surface area (Å²) in [6, 6.07) is 14.6. The number of nitrogens with one attached hydrogen (secondary N) is 1. The zero-order valence-electron chi connectivity index (χ0n) is 25.0. The number of ether oxygens (including phenoxy) is 1. The van der Waals surface area contributed by atoms with Gasteiger partial charge >= 0.3 is 5.97 Å². The summed E-state index contributed by atoms with van der Waals surface area (Å²) in [7, 11) is 3.79. The van der Waals surface area contributed by atoms with E-state index in [2.05, 4.69) is 52.3 Å². The molecule has 1 atom stereocenters. The van der Waals surface area contributed by atoms with Crippen molar-refractivity contribution in [1.29, 1.82) is 0 Å². The number of carbonyl (C=O) groups is 1. The van der Waals surface area contributed by atoms with Crippen LogP contribution in [-0.4, -0.2) is 58.4 Å². The summed E-state index contributed by atoms with van der Waals surface area (Å²) in [5.74, 6) is 1.15. The molecule has 0 bridgehead atoms. The van der Waals surface area contributed by atoms with Crippen molar-refractivity contribution in [2.75, 3.05) is 32.1 Å². The van der Waals surface area contributed by atoms with Gasteiger partial charge in [-0.2, -0.15) is 0 Å². The number of hydrazine groups is 1. The van der Waals surface area contributed by atoms with Crippen LogP contribution in [0, 0.1) is 0 Å². The molecule has 2 aromatic carbocycles. The fourth-order valence-corrected chi connectivity index (χ4v) is 5.92. The van der Waals surface area contributed by atoms with Gasteiger partial charge in [-0.05, 0) is 75.1 Å². The number of hydrogen-bond acceptors (Lipinski definition) is 7. The third-order valence-electron chi connectivity index (χ3n) is 8.06. The third kappa shape index (κ3) is 6.85. The second-order valence-corrected chi connectivity index (χ2v) is 11.0. The summed E-state index contributed by atoms with van der Waals surface area (Å²) < 4.78 is 7.67. The fourth-order valence-electron chi connectivity index (χ4n) is 5.92. The normalized spacial score (nSPS) is 17.0. The molecule has 0 saturated carbocycles. The first-order valence-corrected chi connectivity index (χ1v) is 14.8. The van der Waals surface area contributed by atoms with Crippen LogP contribution in [0.15, 0.2) is 54.2 Å². The minimum Gasteiger partial charge on any atom is -0.497 e. The lowest BCUT2D eigenvalue weighted by Crippen LogP contribution is -2.54. The SMILES string of the molecule is CCN1NC(C)=CC1(CCCCCc1nc2c(N(C)Cc3ccc(OC)cc3)cccc2n1CCCCN)C(=O)O. The molecule has 0 aliphatic carbocycles. The molecular formula is C32H46N6O3. The van der Waals surface area contributed by atoms with Crippen molar-refractivity contribution in [1.82, 2.24) is 20.0 Å². The Morgan fingerprint density at radius 1 is 1.12 bits per heavy atom. The molecule has 9 nitrogen and oxygen atoms in total. The van der Waals surface area contributed by atoms with E-state index in [0.29, 0.717) is 19.5 Å². The Morgan fingerprint density at radius 3 is 2.59 bits per heavy atom. The third-order valence-corrected chi connectivity index (χ3v) is 8.06. The van der Waals surface area contributed by atoms with E-state index in [4.69, 9.17) is 15.5 Å². The van der Waals surface area contributed by atoms with E-state index in [9.17, 15) is 9.90 Å². The molecule has 4 rings (SSSR count). The number of carboxylic acid groups (broad SMARTS) is 1. The molecule has 0 spiro atoms. The predicted molar refractivity (Wildman–Crippen MR) is 165 cm³/mol. The lowest BCUT2D eigenvalue weighted by Gasteiger charge is -2.33. The molecule has 4 N–H and O–H groups in total. The van der Waals surface area contributed by atoms with Gasteiger partial charge in [-0.15, -0.1) is 0 Å². The number of aryl methyl sites for hydroxylation is 2. The number of carboxylic acids is 1. The number of aromatic nitrogens is 2. The highest BCUT2D eigenvalue weighted by Gasteiger charge is 2.45. The average Bonchev–Trinajstić information content (AvgIpc) is 3.50. The second-order valence-electron chi connectivity index (χ2n) is 11.0. The van der Waals surface area contributed by atoms with Crippen molar-refractivity contribution in [2.45, 2.75) is 77.4 Å². The van der Waals surface area contributed by atoms with Crippen LogP contribution in [0.4, 0.5) is 5.69 Å². The first-order valence-electron chi connectivity index (χ1n) is 14.8. The molecule has 0 fully saturated rings. The quantitative estimate of drug-likeness (QED) is 0.207. The Labute approximate surface area is 243 Å². The molecule has 2 heterocycles. The molecule has 41 heavy (non-hydrogen) atoms. The number of nitrogens with two attached hydrogens (primary N) is 1. The largest absolute Gasteiger partial charge is 0.497 e. The minimum atomic E-state index is -0.975. The van der Waals surface area contributed by atoms with E-state index in [-0.39, 0.29) is 0 Å². The van der Waals surface area contributed by atoms with Gasteiger partial charge in [0.2, 0.25) is 0 Å². The summed E-state index contributed by atoms with van der Waals surface area (Å²) in [5, 5.41) is 11.9. The number of likely N-dealkylation sites (N-methyl/N-ethyl adjacent to an activating group) is 1. The maximum absolute atomic E-state index is 12.3. The summed E-state index contributed by atoms with van der Waals surface area (Å²) in [6.07, 6.45) is 8.00. The Kier molecular flexibility index (Phi) is 10.3. The fraction of sp³-hybridized carbons (Fsp3) is 0.500. The van der Waals surface area contributed by atoms with Gasteiger partial charge in [0.15, 0.2) is 5.54 Å². The van der Waals surface area contributed by atoms with Crippen LogP contribution >= 0.6 is 0 Å². The zero-order valence-corrected chi connectivity index (χ0v) is 25.0. The van der Waals surface area contributed by atoms with Crippen molar-refractivity contribution >= 4 is 22.7 Å². The number of aliphatic carboxylic acids is 1. The molecule has 0 amide bonds. The van der Waals surface area contributed by atoms with Gasteiger partial charge in [0, 0.05) is 38.8 Å². The smallest absolute Gasteiger partial charge is 0.330 e. The predicted octanol–water partition coefficient (Wildman–Crippen LogP) is 5.09. The highest BCUT2D eigenvalue weighted by Crippen LogP contribution is 2.31. The highest BCUT2D eigenvalue weighted by molar-refractivity contribution is 5.89. The van der Waals surface area contributed by atoms with Crippen LogP contribution in [0.5, 0.6) is 5.75 Å². The topological polar surface area (TPSA) is 109 Å². The Hall–Kier alpha value is -3.56. The van der Waals surface area contributed by atoms with E-state index < -0.39 is 11.5 Å². The number of fused-ring (bicyclic) bond motifs is 1. The zero-order chi connectivity index (χ0) is 29.4. The lowest BCUT2D eigenvalue weighted by molar-refractivity contribution is -0.149. The molecule has 0 saturated heterocycles. The summed E-state index contributed by atoms with van der Waals surface area (Å²) in [6.45, 7) is 6.86. The molecule has 1 aromatic heterocycles. The molecule has 3 aromatic rings. The standard InChI is InChI=1S/C32H46N6O3/c1-5-38-32(31(39)40,22-24(2)35-38)19-8-6-7-14-29-34-30-27(12-11-13-28(30)37(29)21-10-9-20-33)36(3)23-25-15-17-26(41-4)18-16-25/h11-13,15-18,22,35H,5-10,14,19-21,23,33H2,1-4H3,(H,39,40). The number of para-hydroxylation sites is 1. The summed E-state index contributed by atoms with van der Waals surface area (Å²) in [4.78, 5) is 19.7. The lowest BCUT2D eigenvalue weighted by atomic mass is 9.91. The van der Waals surface area contributed by atoms with E-state index >= 15 is 0 Å². The van der Waals surface area contributed by atoms with E-state index in [1.165, 1.54) is 5.56 Å². The van der Waals surface area contributed by atoms with Crippen LogP contribution in [0.25, 0.3) is 11.0 Å². The molecule has 0 radical (unpaired) electrons. The van der Waals surface area contributed by atoms with Gasteiger partial charge < -0.3 is 30.5 Å². The Morgan fingerprint density at radius 2 is 1.90 bits per heavy atom. The van der Waals surface area contributed by atoms with Gasteiger partial charge in [-0.25, -0.2) is 14.8 Å². The maximum atomic E-state index is 12.3. The van der Waals surface area contributed by atoms with Crippen LogP contribution in [0.2, 0.25) is 0 Å². The number of hydrogen-bond donors (Lipinski definition) is 3. The Bertz CT molecular complexity index is 1340. The van der Waals surface area contributed by atoms with Gasteiger partial charge in [-0.1, -0.05) is 38.0 Å². The second kappa shape index (κ2) is 13.9. The first kappa shape index (κ1) is 30.4. The van der Waals surface area contributed by atoms with Crippen molar-refractivity contribution in [3.05, 3.63) is 65.6 Å². The van der Waals surface area contributed by atoms with Crippen LogP contribution in [-0.2, 0) is 24.3 Å². The van der Waals surface area contributed by atoms with Crippen LogP contribution in [0.3, 0.4) is 0 Å². The van der Waals surface area contributed by atoms with Gasteiger partial charge in [-0.3, -0.25) is 0 Å². The van der Waals surface area contributed by atoms with Crippen LogP contribution in [0.1, 0.15) is 63.8 Å². The van der Waals surface area contributed by atoms with Gasteiger partial charge in [0.1, 0.15) is 17.1 Å². The van der Waals surface area contributed by atoms with Crippen molar-refractivity contribution in [3.8, 4) is 5.75 Å². The average molecular weight is 563 g/mol. The van der Waals surface area contributed by atoms with Crippen molar-refractivity contribution in [3.63, 3.8) is 0 Å². The number of imidazole rings is 1. The number of allylic oxidation sites excluding steroid dienone is 1. The van der Waals surface area contributed by atoms with E-state index in [1.54, 1.807) is 7.11 Å². The van der Waals surface area contributed by atoms with Crippen LogP contribution < -0.4 is 20.8 Å². The molecular weight excluding hydrogens is 516 g/mol. The summed E-state index contributed by atoms with van der Waals surface area (Å²) >= 11 is 0. The molecule has 1 aliphatic heterocycles. The summed E-state index contributed by atoms with van der Waals surface area (Å²) in [5.41, 5.74) is 13.4. The molecule has 1 unspecified atom stereocenters. The first-order chi connectivity index (χ1) is 19.8. The van der Waals surface area contributed by atoms with Crippen molar-refractivity contribution < 1.29 is 14.6 Å². The molecule has 222 valence electrons. The van der Waals surface area contributed by atoms with Gasteiger partial charge in [0.05, 0.1) is 18.3 Å². The number of rotatable bonds is 16. The number of methoxy groups -OCH3 is 1. The number of anilines is 1. The van der Waals surface area contributed by atoms with Crippen molar-refractivity contribution in [2.24, 2.45) is 5.73 Å². The van der Waals surface area contributed by atoms with E-state index in [0.717, 1.165) is 85.6 Å².